The number of benzene rings is 1. The summed E-state index contributed by atoms with van der Waals surface area (Å²) in [5, 5.41) is 2.49. The molecule has 0 aliphatic rings. The maximum absolute atomic E-state index is 12.9. The summed E-state index contributed by atoms with van der Waals surface area (Å²) in [5.41, 5.74) is 0. The first-order valence-electron chi connectivity index (χ1n) is 7.27. The second-order valence-electron chi connectivity index (χ2n) is 5.15. The van der Waals surface area contributed by atoms with Crippen molar-refractivity contribution in [2.24, 2.45) is 0 Å². The van der Waals surface area contributed by atoms with Gasteiger partial charge in [0.2, 0.25) is 10.0 Å². The van der Waals surface area contributed by atoms with Gasteiger partial charge in [0.25, 0.3) is 0 Å². The third-order valence-corrected chi connectivity index (χ3v) is 9.61. The molecule has 0 spiro atoms. The van der Waals surface area contributed by atoms with Crippen molar-refractivity contribution in [1.82, 2.24) is 4.72 Å². The van der Waals surface area contributed by atoms with Gasteiger partial charge in [0.1, 0.15) is 9.46 Å². The summed E-state index contributed by atoms with van der Waals surface area (Å²) in [6.07, 6.45) is 0. The lowest BCUT2D eigenvalue weighted by atomic mass is 10.3. The molecule has 9 heteroatoms. The predicted octanol–water partition coefficient (Wildman–Crippen LogP) is 3.30. The summed E-state index contributed by atoms with van der Waals surface area (Å²) < 4.78 is 53.4. The predicted molar refractivity (Wildman–Crippen MR) is 100 cm³/mol. The number of sulfonamides is 1. The molecule has 0 amide bonds. The van der Waals surface area contributed by atoms with Gasteiger partial charge < -0.3 is 0 Å². The Morgan fingerprint density at radius 2 is 1.52 bits per heavy atom. The average Bonchev–Trinajstić information content (AvgIpc) is 3.30. The molecule has 3 aromatic rings. The molecule has 3 rings (SSSR count). The highest BCUT2D eigenvalue weighted by molar-refractivity contribution is 7.94. The van der Waals surface area contributed by atoms with E-state index in [4.69, 9.17) is 0 Å². The second kappa shape index (κ2) is 7.38. The topological polar surface area (TPSA) is 80.3 Å². The van der Waals surface area contributed by atoms with Gasteiger partial charge >= 0.3 is 0 Å². The van der Waals surface area contributed by atoms with Crippen LogP contribution in [-0.4, -0.2) is 23.4 Å². The van der Waals surface area contributed by atoms with Gasteiger partial charge in [0.05, 0.1) is 4.90 Å². The zero-order chi connectivity index (χ0) is 17.9. The minimum absolute atomic E-state index is 0.105. The van der Waals surface area contributed by atoms with Crippen LogP contribution >= 0.6 is 22.7 Å². The molecule has 0 aliphatic heterocycles. The van der Waals surface area contributed by atoms with E-state index in [1.807, 2.05) is 0 Å². The highest BCUT2D eigenvalue weighted by atomic mass is 32.2. The van der Waals surface area contributed by atoms with Crippen molar-refractivity contribution in [3.05, 3.63) is 70.2 Å². The van der Waals surface area contributed by atoms with Gasteiger partial charge in [-0.3, -0.25) is 0 Å². The van der Waals surface area contributed by atoms with E-state index in [9.17, 15) is 16.8 Å². The van der Waals surface area contributed by atoms with Gasteiger partial charge in [0.15, 0.2) is 9.84 Å². The summed E-state index contributed by atoms with van der Waals surface area (Å²) in [6.45, 7) is -0.224. The van der Waals surface area contributed by atoms with Crippen LogP contribution in [0.25, 0.3) is 0 Å². The van der Waals surface area contributed by atoms with Gasteiger partial charge in [-0.25, -0.2) is 21.6 Å². The quantitative estimate of drug-likeness (QED) is 0.644. The highest BCUT2D eigenvalue weighted by Gasteiger charge is 2.32. The molecule has 2 heterocycles. The minimum Gasteiger partial charge on any atom is -0.222 e. The van der Waals surface area contributed by atoms with Crippen molar-refractivity contribution in [2.45, 2.75) is 14.4 Å². The maximum Gasteiger partial charge on any atom is 0.240 e. The Balaban J connectivity index is 1.90. The first-order valence-corrected chi connectivity index (χ1v) is 12.1. The molecule has 0 aliphatic carbocycles. The molecule has 0 saturated heterocycles. The maximum atomic E-state index is 12.9. The Bertz CT molecular complexity index is 1010. The smallest absolute Gasteiger partial charge is 0.222 e. The van der Waals surface area contributed by atoms with Crippen molar-refractivity contribution >= 4 is 42.5 Å². The van der Waals surface area contributed by atoms with E-state index >= 15 is 0 Å². The summed E-state index contributed by atoms with van der Waals surface area (Å²) >= 11 is 2.42. The third-order valence-electron chi connectivity index (χ3n) is 3.52. The molecule has 5 nitrogen and oxygen atoms in total. The molecule has 0 saturated carbocycles. The van der Waals surface area contributed by atoms with Crippen LogP contribution in [0.3, 0.4) is 0 Å². The van der Waals surface area contributed by atoms with Crippen molar-refractivity contribution in [3.8, 4) is 0 Å². The number of hydrogen-bond acceptors (Lipinski definition) is 6. The fourth-order valence-electron chi connectivity index (χ4n) is 2.27. The Morgan fingerprint density at radius 3 is 2.12 bits per heavy atom. The van der Waals surface area contributed by atoms with Gasteiger partial charge in [0, 0.05) is 11.4 Å². The van der Waals surface area contributed by atoms with E-state index in [1.165, 1.54) is 29.5 Å². The number of sulfone groups is 1. The van der Waals surface area contributed by atoms with Crippen molar-refractivity contribution < 1.29 is 16.8 Å². The number of rotatable bonds is 7. The molecule has 0 bridgehead atoms. The van der Waals surface area contributed by atoms with Crippen LogP contribution in [0.1, 0.15) is 10.1 Å². The Labute approximate surface area is 154 Å². The first-order chi connectivity index (χ1) is 11.9. The zero-order valence-corrected chi connectivity index (χ0v) is 16.2. The lowest BCUT2D eigenvalue weighted by molar-refractivity contribution is 0.570. The van der Waals surface area contributed by atoms with E-state index in [-0.39, 0.29) is 15.6 Å². The summed E-state index contributed by atoms with van der Waals surface area (Å²) in [7, 11) is -7.47. The Morgan fingerprint density at radius 1 is 0.840 bits per heavy atom. The second-order valence-corrected chi connectivity index (χ2v) is 11.2. The van der Waals surface area contributed by atoms with Crippen molar-refractivity contribution in [3.63, 3.8) is 0 Å². The van der Waals surface area contributed by atoms with Crippen LogP contribution in [0.4, 0.5) is 0 Å². The summed E-state index contributed by atoms with van der Waals surface area (Å²) in [5.74, 6) is 0. The van der Waals surface area contributed by atoms with E-state index < -0.39 is 25.1 Å². The van der Waals surface area contributed by atoms with E-state index in [2.05, 4.69) is 4.72 Å². The fraction of sp³-hybridized carbons (Fsp3) is 0.125. The van der Waals surface area contributed by atoms with Crippen LogP contribution in [0.5, 0.6) is 0 Å². The monoisotopic (exact) mass is 413 g/mol. The van der Waals surface area contributed by atoms with Crippen molar-refractivity contribution in [2.75, 3.05) is 6.54 Å². The van der Waals surface area contributed by atoms with Crippen LogP contribution in [-0.2, 0) is 19.9 Å². The molecule has 1 N–H and O–H groups in total. The molecule has 1 atom stereocenters. The van der Waals surface area contributed by atoms with Gasteiger partial charge in [-0.1, -0.05) is 30.3 Å². The molecule has 2 aromatic heterocycles. The molecule has 1 aromatic carbocycles. The SMILES string of the molecule is O=S(=O)(NC[C@@H](c1cccs1)S(=O)(=O)c1cccs1)c1ccccc1. The van der Waals surface area contributed by atoms with Crippen LogP contribution in [0.15, 0.2) is 74.5 Å². The van der Waals surface area contributed by atoms with Crippen LogP contribution in [0.2, 0.25) is 0 Å². The summed E-state index contributed by atoms with van der Waals surface area (Å²) in [6, 6.07) is 14.5. The molecule has 0 fully saturated rings. The van der Waals surface area contributed by atoms with E-state index in [1.54, 1.807) is 47.2 Å². The molecular formula is C16H15NO4S4. The van der Waals surface area contributed by atoms with Gasteiger partial charge in [-0.2, -0.15) is 0 Å². The van der Waals surface area contributed by atoms with E-state index in [0.717, 1.165) is 11.3 Å². The molecular weight excluding hydrogens is 398 g/mol. The normalized spacial score (nSPS) is 13.6. The zero-order valence-electron chi connectivity index (χ0n) is 12.9. The van der Waals surface area contributed by atoms with Gasteiger partial charge in [-0.15, -0.1) is 22.7 Å². The fourth-order valence-corrected chi connectivity index (χ4v) is 7.43. The molecule has 0 radical (unpaired) electrons. The number of nitrogens with one attached hydrogen (secondary N) is 1. The molecule has 0 unspecified atom stereocenters. The van der Waals surface area contributed by atoms with Crippen molar-refractivity contribution in [1.29, 1.82) is 0 Å². The largest absolute Gasteiger partial charge is 0.240 e. The van der Waals surface area contributed by atoms with Gasteiger partial charge in [-0.05, 0) is 35.0 Å². The van der Waals surface area contributed by atoms with Crippen LogP contribution < -0.4 is 4.72 Å². The third kappa shape index (κ3) is 4.01. The number of thiophene rings is 2. The highest BCUT2D eigenvalue weighted by Crippen LogP contribution is 2.33. The minimum atomic E-state index is -3.78. The summed E-state index contributed by atoms with van der Waals surface area (Å²) in [4.78, 5) is 0.706. The lowest BCUT2D eigenvalue weighted by Crippen LogP contribution is -2.31. The standard InChI is InChI=1S/C16H15NO4S4/c18-24(19,16-9-5-11-23-16)15(14-8-4-10-22-14)12-17-25(20,21)13-6-2-1-3-7-13/h1-11,15,17H,12H2/t15-/m0/s1. The van der Waals surface area contributed by atoms with Crippen LogP contribution in [0, 0.1) is 0 Å². The Hall–Kier alpha value is -1.52. The molecule has 25 heavy (non-hydrogen) atoms. The van der Waals surface area contributed by atoms with E-state index in [0.29, 0.717) is 4.88 Å². The first kappa shape index (κ1) is 18.3. The lowest BCUT2D eigenvalue weighted by Gasteiger charge is -2.16. The Kier molecular flexibility index (Phi) is 5.40. The molecule has 132 valence electrons. The number of hydrogen-bond donors (Lipinski definition) is 1. The average molecular weight is 414 g/mol.